The number of amides is 7. The van der Waals surface area contributed by atoms with Crippen LogP contribution in [0.15, 0.2) is 85.1 Å². The van der Waals surface area contributed by atoms with Gasteiger partial charge in [-0.05, 0) is 102 Å². The number of rotatable bonds is 18. The highest BCUT2D eigenvalue weighted by atomic mass is 33.1. The van der Waals surface area contributed by atoms with Crippen LogP contribution in [0.4, 0.5) is 0 Å². The number of carbonyl (C=O) groups is 8. The second-order valence-electron chi connectivity index (χ2n) is 20.0. The molecule has 24 heteroatoms. The van der Waals surface area contributed by atoms with E-state index in [0.717, 1.165) is 45.0 Å². The van der Waals surface area contributed by atoms with Gasteiger partial charge in [0, 0.05) is 47.0 Å². The van der Waals surface area contributed by atoms with E-state index in [0.29, 0.717) is 24.0 Å². The number of aliphatic hydroxyl groups excluding tert-OH is 2. The molecular weight excluding hydrogens is 1030 g/mol. The molecule has 0 radical (unpaired) electrons. The van der Waals surface area contributed by atoms with Gasteiger partial charge in [0.2, 0.25) is 41.4 Å². The fourth-order valence-electron chi connectivity index (χ4n) is 8.40. The predicted molar refractivity (Wildman–Crippen MR) is 293 cm³/mol. The third-order valence-corrected chi connectivity index (χ3v) is 14.9. The average molecular weight is 1110 g/mol. The molecule has 1 aromatic heterocycles. The van der Waals surface area contributed by atoms with E-state index in [2.05, 4.69) is 47.5 Å². The molecule has 1 saturated heterocycles. The molecule has 5 rings (SSSR count). The summed E-state index contributed by atoms with van der Waals surface area (Å²) in [5.41, 5.74) is 7.87. The first-order valence-corrected chi connectivity index (χ1v) is 27.8. The summed E-state index contributed by atoms with van der Waals surface area (Å²) in [6.45, 7) is 8.21. The molecule has 0 spiro atoms. The zero-order valence-electron chi connectivity index (χ0n) is 43.7. The van der Waals surface area contributed by atoms with E-state index in [1.54, 1.807) is 24.4 Å². The molecule has 3 aromatic carbocycles. The molecule has 418 valence electrons. The molecule has 1 fully saturated rings. The smallest absolute Gasteiger partial charge is 0.328 e. The van der Waals surface area contributed by atoms with Gasteiger partial charge in [-0.25, -0.2) is 4.79 Å². The van der Waals surface area contributed by atoms with Crippen LogP contribution >= 0.6 is 21.6 Å². The number of phenols is 1. The highest BCUT2D eigenvalue weighted by Gasteiger charge is 2.37. The molecule has 1 aliphatic rings. The number of hydrogen-bond donors (Lipinski definition) is 14. The van der Waals surface area contributed by atoms with Crippen molar-refractivity contribution >= 4 is 79.8 Å². The van der Waals surface area contributed by atoms with E-state index in [-0.39, 0.29) is 49.5 Å². The zero-order valence-corrected chi connectivity index (χ0v) is 45.3. The van der Waals surface area contributed by atoms with Crippen LogP contribution in [0.25, 0.3) is 10.9 Å². The largest absolute Gasteiger partial charge is 0.508 e. The number of H-pyrrole nitrogens is 1. The number of hydrogen-bond acceptors (Lipinski definition) is 15. The molecule has 0 aliphatic carbocycles. The third kappa shape index (κ3) is 19.1. The summed E-state index contributed by atoms with van der Waals surface area (Å²) in [6.07, 6.45) is -0.881. The van der Waals surface area contributed by atoms with Crippen molar-refractivity contribution < 1.29 is 58.8 Å². The molecule has 2 heterocycles. The van der Waals surface area contributed by atoms with E-state index < -0.39 is 113 Å². The third-order valence-electron chi connectivity index (χ3n) is 12.5. The monoisotopic (exact) mass is 1100 g/mol. The van der Waals surface area contributed by atoms with Crippen molar-refractivity contribution in [3.8, 4) is 5.75 Å². The normalized spacial score (nSPS) is 22.2. The number of para-hydroxylation sites is 1. The minimum Gasteiger partial charge on any atom is -0.508 e. The van der Waals surface area contributed by atoms with Crippen LogP contribution < -0.4 is 48.3 Å². The van der Waals surface area contributed by atoms with Gasteiger partial charge in [-0.2, -0.15) is 0 Å². The first kappa shape index (κ1) is 61.2. The Morgan fingerprint density at radius 2 is 1.34 bits per heavy atom. The highest BCUT2D eigenvalue weighted by Crippen LogP contribution is 2.25. The molecule has 0 bridgehead atoms. The lowest BCUT2D eigenvalue weighted by Gasteiger charge is -2.30. The number of aliphatic hydroxyl groups is 2. The number of aromatic amines is 1. The van der Waals surface area contributed by atoms with Crippen LogP contribution in [0, 0.1) is 0 Å². The van der Waals surface area contributed by atoms with Crippen LogP contribution in [0.2, 0.25) is 0 Å². The summed E-state index contributed by atoms with van der Waals surface area (Å²) in [4.78, 5) is 117. The number of unbranched alkanes of at least 4 members (excludes halogenated alkanes) is 1. The number of aromatic hydroxyl groups is 1. The number of phenolic OH excluding ortho intramolecular Hbond substituents is 1. The summed E-state index contributed by atoms with van der Waals surface area (Å²) in [7, 11) is 1.92. The maximum absolute atomic E-state index is 14.9. The lowest BCUT2D eigenvalue weighted by molar-refractivity contribution is -0.145. The van der Waals surface area contributed by atoms with Gasteiger partial charge in [-0.15, -0.1) is 0 Å². The minimum absolute atomic E-state index is 0.0182. The van der Waals surface area contributed by atoms with Gasteiger partial charge in [0.25, 0.3) is 0 Å². The Morgan fingerprint density at radius 1 is 0.727 bits per heavy atom. The Morgan fingerprint density at radius 3 is 1.97 bits per heavy atom. The number of benzene rings is 3. The van der Waals surface area contributed by atoms with Crippen LogP contribution in [0.1, 0.15) is 70.6 Å². The first-order valence-electron chi connectivity index (χ1n) is 25.3. The van der Waals surface area contributed by atoms with Gasteiger partial charge in [-0.1, -0.05) is 82.3 Å². The summed E-state index contributed by atoms with van der Waals surface area (Å²) < 4.78 is 0. The second kappa shape index (κ2) is 29.2. The molecule has 10 atom stereocenters. The predicted octanol–water partition coefficient (Wildman–Crippen LogP) is 0.422. The van der Waals surface area contributed by atoms with E-state index in [9.17, 15) is 58.8 Å². The lowest BCUT2D eigenvalue weighted by atomic mass is 10.00. The van der Waals surface area contributed by atoms with Crippen LogP contribution in [-0.2, 0) is 57.6 Å². The van der Waals surface area contributed by atoms with E-state index in [1.807, 2.05) is 69.3 Å². The number of carbonyl (C=O) groups excluding carboxylic acids is 7. The number of carboxylic acids is 1. The van der Waals surface area contributed by atoms with Gasteiger partial charge < -0.3 is 73.7 Å². The minimum atomic E-state index is -1.82. The van der Waals surface area contributed by atoms with Crippen molar-refractivity contribution in [2.24, 2.45) is 5.73 Å². The van der Waals surface area contributed by atoms with E-state index >= 15 is 0 Å². The molecule has 1 aliphatic heterocycles. The second-order valence-corrected chi connectivity index (χ2v) is 22.6. The van der Waals surface area contributed by atoms with Gasteiger partial charge in [-0.3, -0.25) is 33.6 Å². The molecule has 7 amide bonds. The molecule has 77 heavy (non-hydrogen) atoms. The number of carboxylic acid groups (broad SMARTS) is 1. The maximum Gasteiger partial charge on any atom is 0.328 e. The van der Waals surface area contributed by atoms with Gasteiger partial charge in [0.05, 0.1) is 18.2 Å². The number of aliphatic carboxylic acids is 1. The van der Waals surface area contributed by atoms with Crippen LogP contribution in [0.3, 0.4) is 0 Å². The van der Waals surface area contributed by atoms with Crippen LogP contribution in [-0.4, -0.2) is 157 Å². The Labute approximate surface area is 454 Å². The van der Waals surface area contributed by atoms with Gasteiger partial charge in [0.15, 0.2) is 6.04 Å². The van der Waals surface area contributed by atoms with Crippen molar-refractivity contribution in [3.05, 3.63) is 102 Å². The van der Waals surface area contributed by atoms with Gasteiger partial charge in [0.1, 0.15) is 42.0 Å². The standard InChI is InChI=1S/C53H72N10O12S2/c1-29(64)43-51(73)60-42(50(72)62-44(30(2)65)52(74)75)28-77-76-27-41(59-48(70)40(63-53(3,4)5)24-31-13-7-6-8-14-31)49(71)57-38(23-32-18-20-34(66)21-19-32)46(68)58-39(25-33-26-55-36-16-10-9-15-35(33)36)47(69)56-37(45(67)61-43)17-11-12-22-54/h6-10,13-16,18-21,26,29-30,37-44,55,63-66H,11-12,17,22-25,27-28,54H2,1-5H3,(H,56,69)(H,57,71)(H,58,68)(H,59,70)(H,60,73)(H,61,67)(H,62,72)(H,74,75). The Balaban J connectivity index is 1.62. The summed E-state index contributed by atoms with van der Waals surface area (Å²) in [5.74, 6) is -8.31. The highest BCUT2D eigenvalue weighted by molar-refractivity contribution is 8.76. The molecule has 0 saturated carbocycles. The van der Waals surface area contributed by atoms with Gasteiger partial charge >= 0.3 is 5.97 Å². The van der Waals surface area contributed by atoms with E-state index in [4.69, 9.17) is 5.73 Å². The number of nitrogens with one attached hydrogen (secondary N) is 9. The first-order chi connectivity index (χ1) is 36.5. The van der Waals surface area contributed by atoms with Crippen molar-refractivity contribution in [2.45, 2.75) is 139 Å². The molecular formula is C53H72N10O12S2. The Kier molecular flexibility index (Phi) is 23.2. The number of fused-ring (bicyclic) bond motifs is 1. The number of nitrogens with two attached hydrogens (primary N) is 1. The average Bonchev–Trinajstić information content (AvgIpc) is 3.78. The van der Waals surface area contributed by atoms with Crippen LogP contribution in [0.5, 0.6) is 5.75 Å². The topological polar surface area (TPSA) is 356 Å². The van der Waals surface area contributed by atoms with Crippen molar-refractivity contribution in [1.29, 1.82) is 0 Å². The van der Waals surface area contributed by atoms with E-state index in [1.165, 1.54) is 19.1 Å². The van der Waals surface area contributed by atoms with Crippen molar-refractivity contribution in [1.82, 2.24) is 47.5 Å². The quantitative estimate of drug-likeness (QED) is 0.0474. The Bertz CT molecular complexity index is 2650. The SMILES string of the molecule is CC(O)C(NC(=O)C1CSSCC(NC(=O)C(Cc2ccccc2)NC(C)(C)C)C(=O)NC(Cc2ccc(O)cc2)C(=O)NC(Cc2c[nH]c3ccccc23)C(=O)NC(CCCCN)C(=O)NC(C(C)O)C(=O)N1)C(=O)O. The summed E-state index contributed by atoms with van der Waals surface area (Å²) >= 11 is 0. The molecule has 22 nitrogen and oxygen atoms in total. The Hall–Kier alpha value is -6.70. The van der Waals surface area contributed by atoms with Crippen molar-refractivity contribution in [3.63, 3.8) is 0 Å². The summed E-state index contributed by atoms with van der Waals surface area (Å²) in [5, 5.41) is 63.6. The maximum atomic E-state index is 14.9. The molecule has 4 aromatic rings. The molecule has 15 N–H and O–H groups in total. The fourth-order valence-corrected chi connectivity index (χ4v) is 10.7. The summed E-state index contributed by atoms with van der Waals surface area (Å²) in [6, 6.07) is 10.7. The zero-order chi connectivity index (χ0) is 56.4. The van der Waals surface area contributed by atoms with Crippen molar-refractivity contribution in [2.75, 3.05) is 18.1 Å². The number of aromatic nitrogens is 1. The molecule has 10 unspecified atom stereocenters. The lowest BCUT2D eigenvalue weighted by Crippen LogP contribution is -2.62. The fraction of sp³-hybridized carbons (Fsp3) is 0.472.